The minimum absolute atomic E-state index is 0.254. The Bertz CT molecular complexity index is 438. The topological polar surface area (TPSA) is 41.5 Å². The molecule has 5 heteroatoms. The lowest BCUT2D eigenvalue weighted by atomic mass is 9.98. The van der Waals surface area contributed by atoms with E-state index in [1.54, 1.807) is 6.07 Å². The zero-order valence-corrected chi connectivity index (χ0v) is 13.7. The van der Waals surface area contributed by atoms with Gasteiger partial charge in [0.25, 0.3) is 0 Å². The number of benzene rings is 1. The fraction of sp³-hybridized carbons (Fsp3) is 0.625. The zero-order valence-electron chi connectivity index (χ0n) is 12.2. The van der Waals surface area contributed by atoms with E-state index in [1.165, 1.54) is 31.4 Å². The Kier molecular flexibility index (Phi) is 7.10. The van der Waals surface area contributed by atoms with Crippen LogP contribution in [0.3, 0.4) is 0 Å². The molecule has 0 spiro atoms. The van der Waals surface area contributed by atoms with Gasteiger partial charge in [-0.05, 0) is 36.6 Å². The van der Waals surface area contributed by atoms with Crippen LogP contribution in [-0.4, -0.2) is 30.5 Å². The van der Waals surface area contributed by atoms with Gasteiger partial charge >= 0.3 is 0 Å². The number of hydrogen-bond donors (Lipinski definition) is 2. The molecule has 0 amide bonds. The number of aliphatic hydroxyl groups is 1. The summed E-state index contributed by atoms with van der Waals surface area (Å²) in [6, 6.07) is 4.59. The SMILES string of the molecule is OC(CNCc1cc(F)ccc1Br)COC1CCCCC1. The van der Waals surface area contributed by atoms with Crippen molar-refractivity contribution in [3.8, 4) is 0 Å². The van der Waals surface area contributed by atoms with Gasteiger partial charge in [0, 0.05) is 17.6 Å². The first-order valence-corrected chi connectivity index (χ1v) is 8.39. The average Bonchev–Trinajstić information content (AvgIpc) is 2.50. The Balaban J connectivity index is 1.64. The van der Waals surface area contributed by atoms with E-state index < -0.39 is 6.10 Å². The fourth-order valence-corrected chi connectivity index (χ4v) is 2.98. The Morgan fingerprint density at radius 3 is 2.86 bits per heavy atom. The zero-order chi connectivity index (χ0) is 15.1. The van der Waals surface area contributed by atoms with Gasteiger partial charge in [0.1, 0.15) is 5.82 Å². The highest BCUT2D eigenvalue weighted by molar-refractivity contribution is 9.10. The lowest BCUT2D eigenvalue weighted by Gasteiger charge is -2.23. The lowest BCUT2D eigenvalue weighted by molar-refractivity contribution is -0.0230. The van der Waals surface area contributed by atoms with Crippen molar-refractivity contribution in [3.05, 3.63) is 34.1 Å². The van der Waals surface area contributed by atoms with Crippen LogP contribution < -0.4 is 5.32 Å². The molecule has 1 saturated carbocycles. The Morgan fingerprint density at radius 2 is 2.10 bits per heavy atom. The molecule has 0 aromatic heterocycles. The van der Waals surface area contributed by atoms with E-state index in [2.05, 4.69) is 21.2 Å². The molecule has 0 heterocycles. The Morgan fingerprint density at radius 1 is 1.33 bits per heavy atom. The maximum Gasteiger partial charge on any atom is 0.123 e. The summed E-state index contributed by atoms with van der Waals surface area (Å²) in [6.07, 6.45) is 5.75. The van der Waals surface area contributed by atoms with Crippen LogP contribution in [0.15, 0.2) is 22.7 Å². The van der Waals surface area contributed by atoms with Gasteiger partial charge in [-0.2, -0.15) is 0 Å². The van der Waals surface area contributed by atoms with Crippen LogP contribution >= 0.6 is 15.9 Å². The fourth-order valence-electron chi connectivity index (χ4n) is 2.59. The molecular formula is C16H23BrFNO2. The third kappa shape index (κ3) is 6.02. The van der Waals surface area contributed by atoms with Gasteiger partial charge in [-0.3, -0.25) is 0 Å². The molecule has 1 unspecified atom stereocenters. The van der Waals surface area contributed by atoms with Crippen molar-refractivity contribution in [2.45, 2.75) is 50.9 Å². The van der Waals surface area contributed by atoms with E-state index in [-0.39, 0.29) is 5.82 Å². The van der Waals surface area contributed by atoms with Crippen LogP contribution in [0.4, 0.5) is 4.39 Å². The monoisotopic (exact) mass is 359 g/mol. The normalized spacial score (nSPS) is 17.9. The molecule has 1 aliphatic rings. The summed E-state index contributed by atoms with van der Waals surface area (Å²) in [4.78, 5) is 0. The summed E-state index contributed by atoms with van der Waals surface area (Å²) in [5.41, 5.74) is 0.843. The second-order valence-corrected chi connectivity index (χ2v) is 6.47. The van der Waals surface area contributed by atoms with E-state index in [1.807, 2.05) is 0 Å². The molecule has 0 aliphatic heterocycles. The highest BCUT2D eigenvalue weighted by Crippen LogP contribution is 2.20. The molecule has 21 heavy (non-hydrogen) atoms. The van der Waals surface area contributed by atoms with Crippen LogP contribution in [-0.2, 0) is 11.3 Å². The van der Waals surface area contributed by atoms with Gasteiger partial charge < -0.3 is 15.2 Å². The largest absolute Gasteiger partial charge is 0.389 e. The van der Waals surface area contributed by atoms with Gasteiger partial charge in [0.05, 0.1) is 18.8 Å². The maximum atomic E-state index is 13.1. The second kappa shape index (κ2) is 8.83. The average molecular weight is 360 g/mol. The summed E-state index contributed by atoms with van der Waals surface area (Å²) in [7, 11) is 0. The standard InChI is InChI=1S/C16H23BrFNO2/c17-16-7-6-13(18)8-12(16)9-19-10-14(20)11-21-15-4-2-1-3-5-15/h6-8,14-15,19-20H,1-5,9-11H2. The van der Waals surface area contributed by atoms with Crippen molar-refractivity contribution >= 4 is 15.9 Å². The van der Waals surface area contributed by atoms with Crippen molar-refractivity contribution in [3.63, 3.8) is 0 Å². The molecule has 2 rings (SSSR count). The number of nitrogens with one attached hydrogen (secondary N) is 1. The van der Waals surface area contributed by atoms with E-state index in [9.17, 15) is 9.50 Å². The second-order valence-electron chi connectivity index (χ2n) is 5.61. The van der Waals surface area contributed by atoms with Crippen LogP contribution in [0.2, 0.25) is 0 Å². The lowest BCUT2D eigenvalue weighted by Crippen LogP contribution is -2.32. The predicted molar refractivity (Wildman–Crippen MR) is 84.6 cm³/mol. The molecule has 118 valence electrons. The van der Waals surface area contributed by atoms with Crippen molar-refractivity contribution < 1.29 is 14.2 Å². The number of hydrogen-bond acceptors (Lipinski definition) is 3. The number of rotatable bonds is 7. The van der Waals surface area contributed by atoms with Gasteiger partial charge in [-0.15, -0.1) is 0 Å². The van der Waals surface area contributed by atoms with Crippen LogP contribution in [0.25, 0.3) is 0 Å². The first-order valence-electron chi connectivity index (χ1n) is 7.59. The Labute approximate surface area is 134 Å². The minimum atomic E-state index is -0.528. The molecule has 0 bridgehead atoms. The summed E-state index contributed by atoms with van der Waals surface area (Å²) < 4.78 is 19.7. The molecule has 0 saturated heterocycles. The van der Waals surface area contributed by atoms with E-state index in [4.69, 9.17) is 4.74 Å². The molecule has 3 nitrogen and oxygen atoms in total. The quantitative estimate of drug-likeness (QED) is 0.783. The van der Waals surface area contributed by atoms with Gasteiger partial charge in [0.2, 0.25) is 0 Å². The number of aliphatic hydroxyl groups excluding tert-OH is 1. The molecule has 1 aromatic carbocycles. The smallest absolute Gasteiger partial charge is 0.123 e. The van der Waals surface area contributed by atoms with Crippen LogP contribution in [0, 0.1) is 5.82 Å². The number of halogens is 2. The summed E-state index contributed by atoms with van der Waals surface area (Å²) >= 11 is 3.39. The summed E-state index contributed by atoms with van der Waals surface area (Å²) in [5.74, 6) is -0.254. The third-order valence-corrected chi connectivity index (χ3v) is 4.55. The molecule has 1 fully saturated rings. The molecular weight excluding hydrogens is 337 g/mol. The first kappa shape index (κ1) is 16.9. The Hall–Kier alpha value is -0.490. The van der Waals surface area contributed by atoms with Crippen molar-refractivity contribution in [1.29, 1.82) is 0 Å². The maximum absolute atomic E-state index is 13.1. The van der Waals surface area contributed by atoms with Gasteiger partial charge in [-0.1, -0.05) is 35.2 Å². The predicted octanol–water partition coefficient (Wildman–Crippen LogP) is 3.39. The highest BCUT2D eigenvalue weighted by atomic mass is 79.9. The molecule has 2 N–H and O–H groups in total. The van der Waals surface area contributed by atoms with E-state index >= 15 is 0 Å². The minimum Gasteiger partial charge on any atom is -0.389 e. The summed E-state index contributed by atoms with van der Waals surface area (Å²) in [6.45, 7) is 1.32. The molecule has 1 atom stereocenters. The highest BCUT2D eigenvalue weighted by Gasteiger charge is 2.15. The molecule has 0 radical (unpaired) electrons. The summed E-state index contributed by atoms with van der Waals surface area (Å²) in [5, 5.41) is 13.0. The van der Waals surface area contributed by atoms with Crippen LogP contribution in [0.1, 0.15) is 37.7 Å². The van der Waals surface area contributed by atoms with Crippen molar-refractivity contribution in [2.24, 2.45) is 0 Å². The van der Waals surface area contributed by atoms with E-state index in [0.717, 1.165) is 22.9 Å². The van der Waals surface area contributed by atoms with Crippen LogP contribution in [0.5, 0.6) is 0 Å². The van der Waals surface area contributed by atoms with Gasteiger partial charge in [0.15, 0.2) is 0 Å². The molecule has 1 aromatic rings. The first-order chi connectivity index (χ1) is 10.1. The number of ether oxygens (including phenoxy) is 1. The van der Waals surface area contributed by atoms with Crippen molar-refractivity contribution in [1.82, 2.24) is 5.32 Å². The van der Waals surface area contributed by atoms with E-state index in [0.29, 0.717) is 25.8 Å². The van der Waals surface area contributed by atoms with Crippen molar-refractivity contribution in [2.75, 3.05) is 13.2 Å². The van der Waals surface area contributed by atoms with Gasteiger partial charge in [-0.25, -0.2) is 4.39 Å². The third-order valence-electron chi connectivity index (χ3n) is 3.78. The molecule has 1 aliphatic carbocycles.